The minimum absolute atomic E-state index is 0.294. The highest BCUT2D eigenvalue weighted by Gasteiger charge is 2.04. The summed E-state index contributed by atoms with van der Waals surface area (Å²) in [5.41, 5.74) is 1.30. The Morgan fingerprint density at radius 3 is 2.56 bits per heavy atom. The van der Waals surface area contributed by atoms with Gasteiger partial charge in [-0.15, -0.1) is 6.58 Å². The smallest absolute Gasteiger partial charge is 0.0503 e. The molecule has 16 heavy (non-hydrogen) atoms. The van der Waals surface area contributed by atoms with Gasteiger partial charge in [-0.05, 0) is 18.5 Å². The van der Waals surface area contributed by atoms with Crippen LogP contribution in [0.15, 0.2) is 43.0 Å². The molecule has 1 heteroatoms. The Morgan fingerprint density at radius 1 is 1.19 bits per heavy atom. The maximum absolute atomic E-state index is 3.89. The zero-order valence-corrected chi connectivity index (χ0v) is 10.3. The molecule has 1 rings (SSSR count). The van der Waals surface area contributed by atoms with Crippen molar-refractivity contribution in [1.82, 2.24) is 5.32 Å². The molecule has 0 bridgehead atoms. The van der Waals surface area contributed by atoms with Crippen molar-refractivity contribution in [3.8, 4) is 0 Å². The Kier molecular flexibility index (Phi) is 6.59. The summed E-state index contributed by atoms with van der Waals surface area (Å²) in [4.78, 5) is 0. The number of benzene rings is 1. The lowest BCUT2D eigenvalue weighted by atomic mass is 10.1. The van der Waals surface area contributed by atoms with Crippen molar-refractivity contribution in [1.29, 1.82) is 0 Å². The molecule has 0 aliphatic carbocycles. The zero-order valence-electron chi connectivity index (χ0n) is 10.3. The molecule has 0 saturated carbocycles. The fraction of sp³-hybridized carbons (Fsp3) is 0.467. The lowest BCUT2D eigenvalue weighted by Crippen LogP contribution is -2.20. The average molecular weight is 217 g/mol. The maximum atomic E-state index is 3.89. The van der Waals surface area contributed by atoms with Crippen LogP contribution in [0.5, 0.6) is 0 Å². The fourth-order valence-corrected chi connectivity index (χ4v) is 1.81. The topological polar surface area (TPSA) is 12.0 Å². The summed E-state index contributed by atoms with van der Waals surface area (Å²) in [5, 5.41) is 3.53. The van der Waals surface area contributed by atoms with Gasteiger partial charge < -0.3 is 5.32 Å². The normalized spacial score (nSPS) is 12.3. The number of unbranched alkanes of at least 4 members (excludes halogenated alkanes) is 3. The van der Waals surface area contributed by atoms with Crippen LogP contribution in [0.2, 0.25) is 0 Å². The molecule has 1 aromatic rings. The maximum Gasteiger partial charge on any atom is 0.0503 e. The number of hydrogen-bond donors (Lipinski definition) is 1. The highest BCUT2D eigenvalue weighted by Crippen LogP contribution is 2.13. The van der Waals surface area contributed by atoms with Gasteiger partial charge in [0.05, 0.1) is 6.04 Å². The molecule has 0 heterocycles. The average Bonchev–Trinajstić information content (AvgIpc) is 2.35. The fourth-order valence-electron chi connectivity index (χ4n) is 1.81. The molecule has 0 saturated heterocycles. The second kappa shape index (κ2) is 8.12. The number of nitrogens with one attached hydrogen (secondary N) is 1. The molecule has 0 aliphatic rings. The minimum Gasteiger partial charge on any atom is -0.307 e. The van der Waals surface area contributed by atoms with Gasteiger partial charge >= 0.3 is 0 Å². The van der Waals surface area contributed by atoms with Crippen LogP contribution in [0, 0.1) is 0 Å². The van der Waals surface area contributed by atoms with E-state index in [0.717, 1.165) is 6.54 Å². The second-order valence-electron chi connectivity index (χ2n) is 4.14. The van der Waals surface area contributed by atoms with Gasteiger partial charge in [-0.25, -0.2) is 0 Å². The molecular formula is C15H23N. The molecule has 88 valence electrons. The standard InChI is InChI=1S/C15H23N/c1-3-5-6-10-13-16-15(4-2)14-11-8-7-9-12-14/h4,7-9,11-12,15-16H,2-3,5-6,10,13H2,1H3. The molecule has 0 aromatic heterocycles. The molecule has 0 fully saturated rings. The van der Waals surface area contributed by atoms with Crippen LogP contribution in [0.3, 0.4) is 0 Å². The van der Waals surface area contributed by atoms with Gasteiger partial charge in [-0.3, -0.25) is 0 Å². The van der Waals surface area contributed by atoms with Crippen LogP contribution in [-0.2, 0) is 0 Å². The Balaban J connectivity index is 2.30. The lowest BCUT2D eigenvalue weighted by molar-refractivity contribution is 0.565. The van der Waals surface area contributed by atoms with Crippen molar-refractivity contribution >= 4 is 0 Å². The molecule has 0 radical (unpaired) electrons. The summed E-state index contributed by atoms with van der Waals surface area (Å²) in [7, 11) is 0. The summed E-state index contributed by atoms with van der Waals surface area (Å²) >= 11 is 0. The Labute approximate surface area is 99.6 Å². The predicted molar refractivity (Wildman–Crippen MR) is 71.5 cm³/mol. The van der Waals surface area contributed by atoms with Crippen molar-refractivity contribution in [3.63, 3.8) is 0 Å². The second-order valence-corrected chi connectivity index (χ2v) is 4.14. The molecule has 1 atom stereocenters. The molecule has 1 unspecified atom stereocenters. The van der Waals surface area contributed by atoms with E-state index < -0.39 is 0 Å². The summed E-state index contributed by atoms with van der Waals surface area (Å²) in [5.74, 6) is 0. The highest BCUT2D eigenvalue weighted by molar-refractivity contribution is 5.22. The van der Waals surface area contributed by atoms with E-state index in [2.05, 4.69) is 43.1 Å². The van der Waals surface area contributed by atoms with Gasteiger partial charge in [0.1, 0.15) is 0 Å². The van der Waals surface area contributed by atoms with E-state index >= 15 is 0 Å². The van der Waals surface area contributed by atoms with Crippen molar-refractivity contribution in [2.75, 3.05) is 6.54 Å². The monoisotopic (exact) mass is 217 g/mol. The van der Waals surface area contributed by atoms with Crippen molar-refractivity contribution in [2.45, 2.75) is 38.6 Å². The quantitative estimate of drug-likeness (QED) is 0.511. The van der Waals surface area contributed by atoms with E-state index in [9.17, 15) is 0 Å². The van der Waals surface area contributed by atoms with Crippen LogP contribution < -0.4 is 5.32 Å². The van der Waals surface area contributed by atoms with Crippen LogP contribution in [-0.4, -0.2) is 6.54 Å². The van der Waals surface area contributed by atoms with E-state index in [1.165, 1.54) is 31.2 Å². The van der Waals surface area contributed by atoms with Gasteiger partial charge in [-0.2, -0.15) is 0 Å². The summed E-state index contributed by atoms with van der Waals surface area (Å²) in [6, 6.07) is 10.8. The predicted octanol–water partition coefficient (Wildman–Crippen LogP) is 4.08. The van der Waals surface area contributed by atoms with E-state index in [0.29, 0.717) is 6.04 Å². The van der Waals surface area contributed by atoms with Gasteiger partial charge in [-0.1, -0.05) is 62.6 Å². The zero-order chi connectivity index (χ0) is 11.6. The van der Waals surface area contributed by atoms with Crippen LogP contribution >= 0.6 is 0 Å². The summed E-state index contributed by atoms with van der Waals surface area (Å²) in [6.07, 6.45) is 7.19. The molecule has 1 nitrogen and oxygen atoms in total. The Hall–Kier alpha value is -1.08. The third-order valence-corrected chi connectivity index (χ3v) is 2.79. The lowest BCUT2D eigenvalue weighted by Gasteiger charge is -2.14. The van der Waals surface area contributed by atoms with Crippen LogP contribution in [0.1, 0.15) is 44.2 Å². The number of hydrogen-bond acceptors (Lipinski definition) is 1. The minimum atomic E-state index is 0.294. The van der Waals surface area contributed by atoms with Gasteiger partial charge in [0, 0.05) is 0 Å². The molecular weight excluding hydrogens is 194 g/mol. The highest BCUT2D eigenvalue weighted by atomic mass is 14.9. The molecule has 0 amide bonds. The molecule has 0 spiro atoms. The summed E-state index contributed by atoms with van der Waals surface area (Å²) < 4.78 is 0. The first kappa shape index (κ1) is 13.0. The van der Waals surface area contributed by atoms with Gasteiger partial charge in [0.25, 0.3) is 0 Å². The van der Waals surface area contributed by atoms with Gasteiger partial charge in [0.15, 0.2) is 0 Å². The van der Waals surface area contributed by atoms with Crippen molar-refractivity contribution in [3.05, 3.63) is 48.6 Å². The van der Waals surface area contributed by atoms with Crippen molar-refractivity contribution < 1.29 is 0 Å². The SMILES string of the molecule is C=CC(NCCCCCC)c1ccccc1. The van der Waals surface area contributed by atoms with Crippen LogP contribution in [0.25, 0.3) is 0 Å². The first-order valence-corrected chi connectivity index (χ1v) is 6.29. The van der Waals surface area contributed by atoms with E-state index in [4.69, 9.17) is 0 Å². The van der Waals surface area contributed by atoms with E-state index in [1.807, 2.05) is 12.1 Å². The molecule has 0 aliphatic heterocycles. The van der Waals surface area contributed by atoms with Gasteiger partial charge in [0.2, 0.25) is 0 Å². The van der Waals surface area contributed by atoms with E-state index in [1.54, 1.807) is 0 Å². The largest absolute Gasteiger partial charge is 0.307 e. The molecule has 1 aromatic carbocycles. The third-order valence-electron chi connectivity index (χ3n) is 2.79. The van der Waals surface area contributed by atoms with E-state index in [-0.39, 0.29) is 0 Å². The third kappa shape index (κ3) is 4.63. The summed E-state index contributed by atoms with van der Waals surface area (Å²) in [6.45, 7) is 7.20. The first-order chi connectivity index (χ1) is 7.88. The Morgan fingerprint density at radius 2 is 1.94 bits per heavy atom. The number of rotatable bonds is 8. The first-order valence-electron chi connectivity index (χ1n) is 6.29. The van der Waals surface area contributed by atoms with Crippen molar-refractivity contribution in [2.24, 2.45) is 0 Å². The molecule has 1 N–H and O–H groups in total. The Bertz CT molecular complexity index is 279. The van der Waals surface area contributed by atoms with Crippen LogP contribution in [0.4, 0.5) is 0 Å².